The fourth-order valence-corrected chi connectivity index (χ4v) is 2.96. The van der Waals surface area contributed by atoms with E-state index in [1.165, 1.54) is 12.1 Å². The molecule has 0 spiro atoms. The number of benzene rings is 1. The second-order valence-corrected chi connectivity index (χ2v) is 7.47. The highest BCUT2D eigenvalue weighted by molar-refractivity contribution is 7.89. The summed E-state index contributed by atoms with van der Waals surface area (Å²) in [5, 5.41) is 13.8. The minimum absolute atomic E-state index is 0.00253. The lowest BCUT2D eigenvalue weighted by Crippen LogP contribution is -2.13. The first-order chi connectivity index (χ1) is 9.58. The van der Waals surface area contributed by atoms with E-state index in [0.717, 1.165) is 0 Å². The molecule has 21 heavy (non-hydrogen) atoms. The Kier molecular flexibility index (Phi) is 5.88. The third kappa shape index (κ3) is 5.04. The highest BCUT2D eigenvalue weighted by Gasteiger charge is 2.19. The number of ether oxygens (including phenoxy) is 1. The number of nitrogens with zero attached hydrogens (tertiary/aromatic N) is 1. The van der Waals surface area contributed by atoms with Crippen LogP contribution in [0.1, 0.15) is 26.7 Å². The smallest absolute Gasteiger partial charge is 0.239 e. The molecule has 0 aliphatic heterocycles. The van der Waals surface area contributed by atoms with Gasteiger partial charge in [0.2, 0.25) is 10.0 Å². The summed E-state index contributed by atoms with van der Waals surface area (Å²) in [7, 11) is -3.93. The summed E-state index contributed by atoms with van der Waals surface area (Å²) in [5.41, 5.74) is -0.414. The van der Waals surface area contributed by atoms with Crippen molar-refractivity contribution >= 4 is 33.2 Å². The third-order valence-corrected chi connectivity index (χ3v) is 4.75. The van der Waals surface area contributed by atoms with Crippen molar-refractivity contribution in [1.29, 1.82) is 5.26 Å². The summed E-state index contributed by atoms with van der Waals surface area (Å²) in [5.74, 6) is 0.281. The fraction of sp³-hybridized carbons (Fsp3) is 0.462. The molecule has 0 saturated heterocycles. The summed E-state index contributed by atoms with van der Waals surface area (Å²) in [6, 6.07) is 4.86. The summed E-state index contributed by atoms with van der Waals surface area (Å²) < 4.78 is 28.0. The van der Waals surface area contributed by atoms with Crippen molar-refractivity contribution in [2.75, 3.05) is 6.61 Å². The Morgan fingerprint density at radius 3 is 2.48 bits per heavy atom. The van der Waals surface area contributed by atoms with Gasteiger partial charge in [-0.15, -0.1) is 0 Å². The first-order valence-corrected chi connectivity index (χ1v) is 8.43. The highest BCUT2D eigenvalue weighted by atomic mass is 35.5. The van der Waals surface area contributed by atoms with Crippen LogP contribution < -0.4 is 9.88 Å². The SMILES string of the molecule is CC(C)(C#N)CCCOc1ccc(S(N)(=O)=O)c(Cl)c1Cl. The highest BCUT2D eigenvalue weighted by Crippen LogP contribution is 2.36. The molecule has 5 nitrogen and oxygen atoms in total. The van der Waals surface area contributed by atoms with Crippen molar-refractivity contribution in [2.24, 2.45) is 10.6 Å². The molecule has 0 saturated carbocycles. The molecule has 0 fully saturated rings. The van der Waals surface area contributed by atoms with Crippen molar-refractivity contribution < 1.29 is 13.2 Å². The Morgan fingerprint density at radius 1 is 1.33 bits per heavy atom. The Balaban J connectivity index is 2.75. The number of sulfonamides is 1. The summed E-state index contributed by atoms with van der Waals surface area (Å²) in [6.45, 7) is 4.03. The van der Waals surface area contributed by atoms with Crippen LogP contribution in [-0.4, -0.2) is 15.0 Å². The maximum atomic E-state index is 11.3. The predicted molar refractivity (Wildman–Crippen MR) is 82.0 cm³/mol. The normalized spacial score (nSPS) is 12.0. The van der Waals surface area contributed by atoms with Gasteiger partial charge in [-0.25, -0.2) is 13.6 Å². The predicted octanol–water partition coefficient (Wildman–Crippen LogP) is 3.35. The van der Waals surface area contributed by atoms with Gasteiger partial charge in [-0.1, -0.05) is 23.2 Å². The molecule has 8 heteroatoms. The van der Waals surface area contributed by atoms with Crippen LogP contribution in [-0.2, 0) is 10.0 Å². The van der Waals surface area contributed by atoms with Crippen molar-refractivity contribution in [2.45, 2.75) is 31.6 Å². The third-order valence-electron chi connectivity index (χ3n) is 2.82. The number of primary sulfonamides is 1. The minimum atomic E-state index is -3.93. The monoisotopic (exact) mass is 350 g/mol. The number of nitriles is 1. The molecule has 0 bridgehead atoms. The standard InChI is InChI=1S/C13H16Cl2N2O3S/c1-13(2,8-16)6-3-7-20-9-4-5-10(21(17,18)19)12(15)11(9)14/h4-5H,3,6-7H2,1-2H3,(H2,17,18,19). The molecule has 0 aliphatic carbocycles. The molecule has 0 amide bonds. The Labute approximate surface area is 134 Å². The molecule has 116 valence electrons. The molecule has 0 atom stereocenters. The first kappa shape index (κ1) is 18.1. The topological polar surface area (TPSA) is 93.2 Å². The maximum absolute atomic E-state index is 11.3. The average Bonchev–Trinajstić information content (AvgIpc) is 2.38. The van der Waals surface area contributed by atoms with Gasteiger partial charge >= 0.3 is 0 Å². The number of hydrogen-bond donors (Lipinski definition) is 1. The van der Waals surface area contributed by atoms with Crippen molar-refractivity contribution in [3.63, 3.8) is 0 Å². The van der Waals surface area contributed by atoms with Gasteiger partial charge in [0, 0.05) is 0 Å². The van der Waals surface area contributed by atoms with Gasteiger partial charge in [0.25, 0.3) is 0 Å². The van der Waals surface area contributed by atoms with Gasteiger partial charge in [0.05, 0.1) is 23.1 Å². The Morgan fingerprint density at radius 2 is 1.95 bits per heavy atom. The molecule has 1 aromatic rings. The molecular weight excluding hydrogens is 335 g/mol. The molecule has 2 N–H and O–H groups in total. The van der Waals surface area contributed by atoms with Gasteiger partial charge in [0.15, 0.2) is 0 Å². The van der Waals surface area contributed by atoms with Crippen LogP contribution in [0, 0.1) is 16.7 Å². The van der Waals surface area contributed by atoms with Crippen molar-refractivity contribution in [3.8, 4) is 11.8 Å². The van der Waals surface area contributed by atoms with Gasteiger partial charge < -0.3 is 4.74 Å². The first-order valence-electron chi connectivity index (χ1n) is 6.13. The van der Waals surface area contributed by atoms with E-state index in [9.17, 15) is 8.42 Å². The zero-order chi connectivity index (χ0) is 16.3. The molecule has 0 unspecified atom stereocenters. The summed E-state index contributed by atoms with van der Waals surface area (Å²) in [6.07, 6.45) is 1.33. The van der Waals surface area contributed by atoms with Gasteiger partial charge in [-0.3, -0.25) is 0 Å². The van der Waals surface area contributed by atoms with E-state index in [1.54, 1.807) is 0 Å². The largest absolute Gasteiger partial charge is 0.492 e. The van der Waals surface area contributed by atoms with Gasteiger partial charge in [0.1, 0.15) is 15.7 Å². The van der Waals surface area contributed by atoms with Crippen LogP contribution >= 0.6 is 23.2 Å². The fourth-order valence-electron chi connectivity index (χ4n) is 1.60. The summed E-state index contributed by atoms with van der Waals surface area (Å²) in [4.78, 5) is -0.243. The molecule has 0 radical (unpaired) electrons. The van der Waals surface area contributed by atoms with E-state index in [0.29, 0.717) is 19.4 Å². The lowest BCUT2D eigenvalue weighted by Gasteiger charge is -2.15. The molecule has 1 aromatic carbocycles. The molecule has 0 aromatic heterocycles. The molecule has 0 aliphatic rings. The van der Waals surface area contributed by atoms with E-state index in [4.69, 9.17) is 38.3 Å². The number of rotatable bonds is 6. The van der Waals surface area contributed by atoms with E-state index in [-0.39, 0.29) is 20.7 Å². The quantitative estimate of drug-likeness (QED) is 0.796. The van der Waals surface area contributed by atoms with Crippen LogP contribution in [0.25, 0.3) is 0 Å². The van der Waals surface area contributed by atoms with E-state index in [1.807, 2.05) is 13.8 Å². The molecule has 1 rings (SSSR count). The zero-order valence-electron chi connectivity index (χ0n) is 11.7. The van der Waals surface area contributed by atoms with Crippen LogP contribution in [0.3, 0.4) is 0 Å². The number of hydrogen-bond acceptors (Lipinski definition) is 4. The van der Waals surface area contributed by atoms with E-state index < -0.39 is 15.4 Å². The molecule has 0 heterocycles. The lowest BCUT2D eigenvalue weighted by molar-refractivity contribution is 0.284. The average molecular weight is 351 g/mol. The van der Waals surface area contributed by atoms with E-state index in [2.05, 4.69) is 6.07 Å². The minimum Gasteiger partial charge on any atom is -0.492 e. The van der Waals surface area contributed by atoms with Crippen LogP contribution in [0.4, 0.5) is 0 Å². The van der Waals surface area contributed by atoms with Crippen LogP contribution in [0.2, 0.25) is 10.0 Å². The van der Waals surface area contributed by atoms with E-state index >= 15 is 0 Å². The molecular formula is C13H16Cl2N2O3S. The maximum Gasteiger partial charge on any atom is 0.239 e. The second kappa shape index (κ2) is 6.84. The lowest BCUT2D eigenvalue weighted by atomic mass is 9.90. The second-order valence-electron chi connectivity index (χ2n) is 5.18. The van der Waals surface area contributed by atoms with Crippen LogP contribution in [0.15, 0.2) is 17.0 Å². The zero-order valence-corrected chi connectivity index (χ0v) is 14.0. The number of nitrogens with two attached hydrogens (primary N) is 1. The Bertz CT molecular complexity index is 667. The van der Waals surface area contributed by atoms with Crippen molar-refractivity contribution in [1.82, 2.24) is 0 Å². The van der Waals surface area contributed by atoms with Crippen LogP contribution in [0.5, 0.6) is 5.75 Å². The van der Waals surface area contributed by atoms with Gasteiger partial charge in [-0.05, 0) is 38.8 Å². The Hall–Kier alpha value is -1.00. The van der Waals surface area contributed by atoms with Gasteiger partial charge in [-0.2, -0.15) is 5.26 Å². The number of halogens is 2. The van der Waals surface area contributed by atoms with Crippen molar-refractivity contribution in [3.05, 3.63) is 22.2 Å². The summed E-state index contributed by atoms with van der Waals surface area (Å²) >= 11 is 11.8.